The zero-order valence-electron chi connectivity index (χ0n) is 11.5. The number of Topliss-reactive ketones (excluding diaryl/α,β-unsaturated/α-hetero) is 1. The summed E-state index contributed by atoms with van der Waals surface area (Å²) in [6.45, 7) is -0.787. The second-order valence-corrected chi connectivity index (χ2v) is 5.86. The Bertz CT molecular complexity index is 737. The molecular weight excluding hydrogens is 296 g/mol. The Hall–Kier alpha value is -2.19. The number of aliphatic hydroxyl groups is 1. The van der Waals surface area contributed by atoms with Crippen LogP contribution < -0.4 is 4.74 Å². The Kier molecular flexibility index (Phi) is 4.10. The standard InChI is InChI=1S/C13H14N2O5S/c1-15-11(12(17)8-16)7-10(14-21(15,18)19)9-5-3-4-6-13(9)20-2/h3-7,16H,8H2,1-2H3. The highest BCUT2D eigenvalue weighted by atomic mass is 32.2. The van der Waals surface area contributed by atoms with Gasteiger partial charge < -0.3 is 9.84 Å². The number of hydrogen-bond donors (Lipinski definition) is 1. The first kappa shape index (κ1) is 15.2. The zero-order chi connectivity index (χ0) is 15.6. The molecule has 0 aliphatic carbocycles. The average Bonchev–Trinajstić information content (AvgIpc) is 2.48. The molecule has 21 heavy (non-hydrogen) atoms. The van der Waals surface area contributed by atoms with Crippen molar-refractivity contribution in [2.24, 2.45) is 4.40 Å². The molecule has 1 N–H and O–H groups in total. The quantitative estimate of drug-likeness (QED) is 0.852. The molecular formula is C13H14N2O5S. The van der Waals surface area contributed by atoms with Crippen LogP contribution in [0.4, 0.5) is 0 Å². The van der Waals surface area contributed by atoms with Gasteiger partial charge in [-0.1, -0.05) is 12.1 Å². The second-order valence-electron chi connectivity index (χ2n) is 4.23. The fourth-order valence-corrected chi connectivity index (χ4v) is 2.80. The molecule has 7 nitrogen and oxygen atoms in total. The highest BCUT2D eigenvalue weighted by Gasteiger charge is 2.30. The summed E-state index contributed by atoms with van der Waals surface area (Å²) in [6.07, 6.45) is 1.32. The van der Waals surface area contributed by atoms with Crippen LogP contribution in [-0.2, 0) is 15.0 Å². The van der Waals surface area contributed by atoms with Crippen molar-refractivity contribution in [1.29, 1.82) is 0 Å². The van der Waals surface area contributed by atoms with E-state index in [0.717, 1.165) is 4.31 Å². The number of likely N-dealkylation sites (N-methyl/N-ethyl adjacent to an activating group) is 1. The molecule has 0 saturated carbocycles. The molecule has 0 atom stereocenters. The maximum Gasteiger partial charge on any atom is 0.345 e. The average molecular weight is 310 g/mol. The van der Waals surface area contributed by atoms with Crippen LogP contribution >= 0.6 is 0 Å². The Morgan fingerprint density at radius 2 is 2.05 bits per heavy atom. The molecule has 0 fully saturated rings. The topological polar surface area (TPSA) is 96.3 Å². The number of carbonyl (C=O) groups is 1. The molecule has 112 valence electrons. The van der Waals surface area contributed by atoms with Crippen molar-refractivity contribution in [2.75, 3.05) is 20.8 Å². The minimum absolute atomic E-state index is 0.0855. The van der Waals surface area contributed by atoms with Gasteiger partial charge in [0.2, 0.25) is 5.78 Å². The summed E-state index contributed by atoms with van der Waals surface area (Å²) in [5.74, 6) is -0.272. The second kappa shape index (κ2) is 5.66. The molecule has 8 heteroatoms. The number of carbonyl (C=O) groups excluding carboxylic acids is 1. The van der Waals surface area contributed by atoms with Crippen molar-refractivity contribution in [3.05, 3.63) is 41.6 Å². The van der Waals surface area contributed by atoms with Gasteiger partial charge in [-0.25, -0.2) is 0 Å². The van der Waals surface area contributed by atoms with E-state index in [1.807, 2.05) is 0 Å². The molecule has 1 aliphatic rings. The smallest absolute Gasteiger partial charge is 0.345 e. The number of allylic oxidation sites excluding steroid dienone is 1. The van der Waals surface area contributed by atoms with E-state index in [2.05, 4.69) is 4.40 Å². The Morgan fingerprint density at radius 3 is 2.67 bits per heavy atom. The van der Waals surface area contributed by atoms with Gasteiger partial charge in [0, 0.05) is 12.6 Å². The van der Waals surface area contributed by atoms with Gasteiger partial charge in [-0.05, 0) is 18.2 Å². The van der Waals surface area contributed by atoms with Gasteiger partial charge in [0.1, 0.15) is 18.1 Å². The largest absolute Gasteiger partial charge is 0.496 e. The molecule has 0 spiro atoms. The molecule has 0 amide bonds. The first-order valence-corrected chi connectivity index (χ1v) is 7.38. The van der Waals surface area contributed by atoms with Gasteiger partial charge in [-0.15, -0.1) is 4.40 Å². The Balaban J connectivity index is 2.62. The van der Waals surface area contributed by atoms with Crippen LogP contribution in [0.1, 0.15) is 5.56 Å². The summed E-state index contributed by atoms with van der Waals surface area (Å²) in [5, 5.41) is 8.96. The van der Waals surface area contributed by atoms with Crippen LogP contribution in [0.5, 0.6) is 5.75 Å². The van der Waals surface area contributed by atoms with E-state index in [0.29, 0.717) is 11.3 Å². The number of ether oxygens (including phenoxy) is 1. The van der Waals surface area contributed by atoms with Gasteiger partial charge >= 0.3 is 10.2 Å². The zero-order valence-corrected chi connectivity index (χ0v) is 12.3. The predicted octanol–water partition coefficient (Wildman–Crippen LogP) is 0.120. The van der Waals surface area contributed by atoms with Crippen LogP contribution in [0.25, 0.3) is 0 Å². The highest BCUT2D eigenvalue weighted by molar-refractivity contribution is 7.88. The van der Waals surface area contributed by atoms with Crippen molar-refractivity contribution in [3.63, 3.8) is 0 Å². The van der Waals surface area contributed by atoms with Crippen LogP contribution in [0.2, 0.25) is 0 Å². The highest BCUT2D eigenvalue weighted by Crippen LogP contribution is 2.25. The number of benzene rings is 1. The molecule has 0 saturated heterocycles. The number of rotatable bonds is 4. The number of ketones is 1. The van der Waals surface area contributed by atoms with E-state index in [1.165, 1.54) is 20.2 Å². The lowest BCUT2D eigenvalue weighted by Crippen LogP contribution is -2.34. The monoisotopic (exact) mass is 310 g/mol. The van der Waals surface area contributed by atoms with Crippen molar-refractivity contribution in [2.45, 2.75) is 0 Å². The van der Waals surface area contributed by atoms with Crippen molar-refractivity contribution < 1.29 is 23.1 Å². The van der Waals surface area contributed by atoms with E-state index in [1.54, 1.807) is 24.3 Å². The predicted molar refractivity (Wildman–Crippen MR) is 76.4 cm³/mol. The maximum absolute atomic E-state index is 12.0. The first-order chi connectivity index (χ1) is 9.90. The number of para-hydroxylation sites is 1. The van der Waals surface area contributed by atoms with E-state index < -0.39 is 22.6 Å². The number of aliphatic hydroxyl groups excluding tert-OH is 1. The molecule has 1 heterocycles. The SMILES string of the molecule is COc1ccccc1C1=NS(=O)(=O)N(C)C(C(=O)CO)=C1. The lowest BCUT2D eigenvalue weighted by molar-refractivity contribution is -0.119. The molecule has 2 rings (SSSR count). The third-order valence-corrected chi connectivity index (χ3v) is 4.30. The minimum Gasteiger partial charge on any atom is -0.496 e. The van der Waals surface area contributed by atoms with Gasteiger partial charge in [0.25, 0.3) is 0 Å². The molecule has 0 radical (unpaired) electrons. The molecule has 1 aliphatic heterocycles. The summed E-state index contributed by atoms with van der Waals surface area (Å²) in [6, 6.07) is 6.72. The molecule has 1 aromatic carbocycles. The molecule has 0 unspecified atom stereocenters. The number of hydrogen-bond acceptors (Lipinski definition) is 5. The van der Waals surface area contributed by atoms with E-state index >= 15 is 0 Å². The third-order valence-electron chi connectivity index (χ3n) is 2.98. The van der Waals surface area contributed by atoms with Crippen molar-refractivity contribution in [3.8, 4) is 5.75 Å². The van der Waals surface area contributed by atoms with Crippen LogP contribution in [0, 0.1) is 0 Å². The maximum atomic E-state index is 12.0. The van der Waals surface area contributed by atoms with E-state index in [9.17, 15) is 13.2 Å². The molecule has 0 aromatic heterocycles. The van der Waals surface area contributed by atoms with Gasteiger partial charge in [0.15, 0.2) is 0 Å². The summed E-state index contributed by atoms with van der Waals surface area (Å²) < 4.78 is 33.6. The number of methoxy groups -OCH3 is 1. The van der Waals surface area contributed by atoms with Crippen LogP contribution in [0.15, 0.2) is 40.4 Å². The van der Waals surface area contributed by atoms with Gasteiger partial charge in [-0.2, -0.15) is 8.42 Å². The van der Waals surface area contributed by atoms with Crippen LogP contribution in [0.3, 0.4) is 0 Å². The minimum atomic E-state index is -4.02. The molecule has 0 bridgehead atoms. The Labute approximate surface area is 122 Å². The summed E-state index contributed by atoms with van der Waals surface area (Å²) in [5.41, 5.74) is 0.385. The summed E-state index contributed by atoms with van der Waals surface area (Å²) in [4.78, 5) is 11.7. The van der Waals surface area contributed by atoms with E-state index in [-0.39, 0.29) is 11.4 Å². The van der Waals surface area contributed by atoms with Gasteiger partial charge in [-0.3, -0.25) is 9.10 Å². The van der Waals surface area contributed by atoms with E-state index in [4.69, 9.17) is 9.84 Å². The lowest BCUT2D eigenvalue weighted by atomic mass is 10.1. The fourth-order valence-electron chi connectivity index (χ4n) is 1.88. The summed E-state index contributed by atoms with van der Waals surface area (Å²) >= 11 is 0. The normalized spacial score (nSPS) is 17.0. The number of nitrogens with zero attached hydrogens (tertiary/aromatic N) is 2. The Morgan fingerprint density at radius 1 is 1.38 bits per heavy atom. The first-order valence-electron chi connectivity index (χ1n) is 5.98. The van der Waals surface area contributed by atoms with Crippen molar-refractivity contribution in [1.82, 2.24) is 4.31 Å². The van der Waals surface area contributed by atoms with Crippen LogP contribution in [-0.4, -0.2) is 50.1 Å². The lowest BCUT2D eigenvalue weighted by Gasteiger charge is -2.23. The fraction of sp³-hybridized carbons (Fsp3) is 0.231. The summed E-state index contributed by atoms with van der Waals surface area (Å²) in [7, 11) is -1.37. The van der Waals surface area contributed by atoms with Gasteiger partial charge in [0.05, 0.1) is 12.8 Å². The molecule has 1 aromatic rings. The van der Waals surface area contributed by atoms with Crippen molar-refractivity contribution >= 4 is 21.7 Å². The third kappa shape index (κ3) is 2.81.